The topological polar surface area (TPSA) is 83.1 Å². The molecule has 0 atom stereocenters. The summed E-state index contributed by atoms with van der Waals surface area (Å²) in [5.74, 6) is -1.22. The number of amides is 1. The summed E-state index contributed by atoms with van der Waals surface area (Å²) in [4.78, 5) is 23.8. The molecular formula is C16H19F2NO6. The first-order valence-electron chi connectivity index (χ1n) is 7.57. The van der Waals surface area contributed by atoms with E-state index in [4.69, 9.17) is 9.47 Å². The maximum absolute atomic E-state index is 12.5. The van der Waals surface area contributed by atoms with E-state index in [1.165, 1.54) is 7.11 Å². The predicted molar refractivity (Wildman–Crippen MR) is 83.1 cm³/mol. The first-order valence-corrected chi connectivity index (χ1v) is 7.57. The Labute approximate surface area is 143 Å². The van der Waals surface area contributed by atoms with Crippen LogP contribution >= 0.6 is 0 Å². The van der Waals surface area contributed by atoms with Crippen LogP contribution in [0.4, 0.5) is 14.5 Å². The third kappa shape index (κ3) is 5.56. The molecule has 1 fully saturated rings. The second-order valence-electron chi connectivity index (χ2n) is 5.43. The molecule has 0 unspecified atom stereocenters. The van der Waals surface area contributed by atoms with Crippen LogP contribution in [0.15, 0.2) is 12.1 Å². The summed E-state index contributed by atoms with van der Waals surface area (Å²) in [7, 11) is 2.39. The number of carbonyl (C=O) groups excluding carboxylic acids is 2. The van der Waals surface area contributed by atoms with Gasteiger partial charge in [0, 0.05) is 12.1 Å². The van der Waals surface area contributed by atoms with Gasteiger partial charge in [-0.2, -0.15) is 8.78 Å². The second-order valence-corrected chi connectivity index (χ2v) is 5.43. The molecule has 7 nitrogen and oxygen atoms in total. The van der Waals surface area contributed by atoms with Gasteiger partial charge >= 0.3 is 12.6 Å². The smallest absolute Gasteiger partial charge is 0.387 e. The Hall–Kier alpha value is -2.42. The van der Waals surface area contributed by atoms with Gasteiger partial charge in [0.25, 0.3) is 0 Å². The maximum Gasteiger partial charge on any atom is 0.387 e. The van der Waals surface area contributed by atoms with Crippen molar-refractivity contribution in [2.24, 2.45) is 5.92 Å². The monoisotopic (exact) mass is 359 g/mol. The average Bonchev–Trinajstić information content (AvgIpc) is 3.38. The SMILES string of the molecule is COC(=O)c1cc(OC)c(OC(F)F)cc1NC(=O)COCC1CC1. The number of halogens is 2. The zero-order chi connectivity index (χ0) is 18.4. The van der Waals surface area contributed by atoms with Crippen molar-refractivity contribution in [3.63, 3.8) is 0 Å². The molecule has 0 aromatic heterocycles. The van der Waals surface area contributed by atoms with Crippen LogP contribution in [0.25, 0.3) is 0 Å². The summed E-state index contributed by atoms with van der Waals surface area (Å²) < 4.78 is 44.2. The molecule has 0 heterocycles. The summed E-state index contributed by atoms with van der Waals surface area (Å²) in [5, 5.41) is 2.44. The van der Waals surface area contributed by atoms with E-state index in [1.54, 1.807) is 0 Å². The molecule has 25 heavy (non-hydrogen) atoms. The third-order valence-corrected chi connectivity index (χ3v) is 3.48. The fraction of sp³-hybridized carbons (Fsp3) is 0.500. The summed E-state index contributed by atoms with van der Waals surface area (Å²) in [6.07, 6.45) is 2.17. The molecule has 0 spiro atoms. The molecule has 1 aliphatic carbocycles. The Bertz CT molecular complexity index is 633. The molecule has 9 heteroatoms. The van der Waals surface area contributed by atoms with Crippen molar-refractivity contribution in [1.29, 1.82) is 0 Å². The van der Waals surface area contributed by atoms with Crippen molar-refractivity contribution >= 4 is 17.6 Å². The van der Waals surface area contributed by atoms with Crippen molar-refractivity contribution in [3.8, 4) is 11.5 Å². The van der Waals surface area contributed by atoms with Crippen LogP contribution in [-0.2, 0) is 14.3 Å². The third-order valence-electron chi connectivity index (χ3n) is 3.48. The number of anilines is 1. The number of nitrogens with one attached hydrogen (secondary N) is 1. The van der Waals surface area contributed by atoms with E-state index in [0.717, 1.165) is 32.1 Å². The number of ether oxygens (including phenoxy) is 4. The largest absolute Gasteiger partial charge is 0.493 e. The molecule has 2 rings (SSSR count). The van der Waals surface area contributed by atoms with Gasteiger partial charge in [-0.3, -0.25) is 4.79 Å². The van der Waals surface area contributed by atoms with Crippen LogP contribution in [0.2, 0.25) is 0 Å². The van der Waals surface area contributed by atoms with Gasteiger partial charge in [-0.25, -0.2) is 4.79 Å². The number of rotatable bonds is 9. The fourth-order valence-corrected chi connectivity index (χ4v) is 2.08. The highest BCUT2D eigenvalue weighted by Crippen LogP contribution is 2.35. The molecule has 138 valence electrons. The van der Waals surface area contributed by atoms with Gasteiger partial charge in [-0.15, -0.1) is 0 Å². The van der Waals surface area contributed by atoms with Crippen molar-refractivity contribution in [1.82, 2.24) is 0 Å². The minimum Gasteiger partial charge on any atom is -0.493 e. The Morgan fingerprint density at radius 3 is 2.52 bits per heavy atom. The number of hydrogen-bond donors (Lipinski definition) is 1. The molecule has 1 aromatic rings. The molecule has 1 aliphatic rings. The van der Waals surface area contributed by atoms with E-state index in [9.17, 15) is 18.4 Å². The zero-order valence-electron chi connectivity index (χ0n) is 13.8. The van der Waals surface area contributed by atoms with Gasteiger partial charge in [-0.05, 0) is 18.8 Å². The summed E-state index contributed by atoms with van der Waals surface area (Å²) in [6, 6.07) is 2.24. The van der Waals surface area contributed by atoms with Crippen molar-refractivity contribution in [2.75, 3.05) is 32.8 Å². The van der Waals surface area contributed by atoms with Crippen LogP contribution in [0.1, 0.15) is 23.2 Å². The molecule has 0 radical (unpaired) electrons. The minimum absolute atomic E-state index is 0.0386. The van der Waals surface area contributed by atoms with Crippen LogP contribution in [0.5, 0.6) is 11.5 Å². The number of esters is 1. The number of hydrogen-bond acceptors (Lipinski definition) is 6. The van der Waals surface area contributed by atoms with Gasteiger partial charge in [0.2, 0.25) is 5.91 Å². The van der Waals surface area contributed by atoms with Crippen LogP contribution < -0.4 is 14.8 Å². The Morgan fingerprint density at radius 1 is 1.24 bits per heavy atom. The van der Waals surface area contributed by atoms with Gasteiger partial charge < -0.3 is 24.3 Å². The van der Waals surface area contributed by atoms with E-state index >= 15 is 0 Å². The van der Waals surface area contributed by atoms with Gasteiger partial charge in [-0.1, -0.05) is 0 Å². The van der Waals surface area contributed by atoms with E-state index in [1.807, 2.05) is 0 Å². The molecule has 1 N–H and O–H groups in total. The van der Waals surface area contributed by atoms with Crippen molar-refractivity contribution in [3.05, 3.63) is 17.7 Å². The Balaban J connectivity index is 2.18. The van der Waals surface area contributed by atoms with Crippen molar-refractivity contribution in [2.45, 2.75) is 19.5 Å². The highest BCUT2D eigenvalue weighted by molar-refractivity contribution is 6.02. The first-order chi connectivity index (χ1) is 11.9. The molecule has 1 saturated carbocycles. The standard InChI is InChI=1S/C16H19F2NO6/c1-22-12-5-10(15(21)23-2)11(6-13(12)25-16(17)18)19-14(20)8-24-7-9-3-4-9/h5-6,9,16H,3-4,7-8H2,1-2H3,(H,19,20). The normalized spacial score (nSPS) is 13.5. The minimum atomic E-state index is -3.09. The van der Waals surface area contributed by atoms with Crippen LogP contribution in [-0.4, -0.2) is 45.9 Å². The number of methoxy groups -OCH3 is 2. The summed E-state index contributed by atoms with van der Waals surface area (Å²) >= 11 is 0. The summed E-state index contributed by atoms with van der Waals surface area (Å²) in [6.45, 7) is -2.82. The lowest BCUT2D eigenvalue weighted by Crippen LogP contribution is -2.21. The Morgan fingerprint density at radius 2 is 1.96 bits per heavy atom. The molecule has 0 bridgehead atoms. The van der Waals surface area contributed by atoms with Crippen LogP contribution in [0.3, 0.4) is 0 Å². The zero-order valence-corrected chi connectivity index (χ0v) is 13.8. The van der Waals surface area contributed by atoms with E-state index in [-0.39, 0.29) is 29.4 Å². The number of carbonyl (C=O) groups is 2. The molecule has 0 aliphatic heterocycles. The lowest BCUT2D eigenvalue weighted by molar-refractivity contribution is -0.120. The number of alkyl halides is 2. The molecular weight excluding hydrogens is 340 g/mol. The summed E-state index contributed by atoms with van der Waals surface area (Å²) in [5.41, 5.74) is -0.0974. The second kappa shape index (κ2) is 8.61. The van der Waals surface area contributed by atoms with Gasteiger partial charge in [0.15, 0.2) is 11.5 Å². The van der Waals surface area contributed by atoms with Gasteiger partial charge in [0.05, 0.1) is 32.1 Å². The predicted octanol–water partition coefficient (Wildman–Crippen LogP) is 2.45. The van der Waals surface area contributed by atoms with Crippen molar-refractivity contribution < 1.29 is 37.3 Å². The van der Waals surface area contributed by atoms with E-state index < -0.39 is 18.5 Å². The van der Waals surface area contributed by atoms with E-state index in [0.29, 0.717) is 12.5 Å². The molecule has 1 aromatic carbocycles. The van der Waals surface area contributed by atoms with E-state index in [2.05, 4.69) is 14.8 Å². The molecule has 1 amide bonds. The quantitative estimate of drug-likeness (QED) is 0.682. The average molecular weight is 359 g/mol. The first kappa shape index (κ1) is 18.9. The molecule has 0 saturated heterocycles. The fourth-order valence-electron chi connectivity index (χ4n) is 2.08. The lowest BCUT2D eigenvalue weighted by atomic mass is 10.1. The Kier molecular flexibility index (Phi) is 6.51. The highest BCUT2D eigenvalue weighted by atomic mass is 19.3. The maximum atomic E-state index is 12.5. The lowest BCUT2D eigenvalue weighted by Gasteiger charge is -2.15. The van der Waals surface area contributed by atoms with Gasteiger partial charge in [0.1, 0.15) is 6.61 Å². The highest BCUT2D eigenvalue weighted by Gasteiger charge is 2.23. The number of benzene rings is 1. The van der Waals surface area contributed by atoms with Crippen LogP contribution in [0, 0.1) is 5.92 Å².